The first-order valence-electron chi connectivity index (χ1n) is 10.9. The maximum atomic E-state index is 13.2. The van der Waals surface area contributed by atoms with Gasteiger partial charge in [0.05, 0.1) is 28.8 Å². The lowest BCUT2D eigenvalue weighted by molar-refractivity contribution is 0.181. The molecule has 4 aromatic rings. The van der Waals surface area contributed by atoms with Crippen LogP contribution < -0.4 is 5.56 Å². The summed E-state index contributed by atoms with van der Waals surface area (Å²) in [5.74, 6) is 0. The topological polar surface area (TPSA) is 61.4 Å². The fraction of sp³-hybridized carbons (Fsp3) is 0.320. The second-order valence-electron chi connectivity index (χ2n) is 8.09. The normalized spacial score (nSPS) is 14.3. The molecule has 6 heteroatoms. The van der Waals surface area contributed by atoms with Crippen LogP contribution >= 0.6 is 0 Å². The Balaban J connectivity index is 1.59. The van der Waals surface area contributed by atoms with Crippen molar-refractivity contribution >= 4 is 16.6 Å². The number of nitrogens with zero attached hydrogens (tertiary/aromatic N) is 4. The summed E-state index contributed by atoms with van der Waals surface area (Å²) in [4.78, 5) is 17.8. The van der Waals surface area contributed by atoms with Crippen molar-refractivity contribution in [3.8, 4) is 11.1 Å². The highest BCUT2D eigenvalue weighted by Crippen LogP contribution is 2.29. The fourth-order valence-electron chi connectivity index (χ4n) is 4.46. The zero-order chi connectivity index (χ0) is 21.2. The number of methoxy groups -OCH3 is 1. The minimum absolute atomic E-state index is 0.0200. The molecule has 1 aliphatic carbocycles. The predicted molar refractivity (Wildman–Crippen MR) is 122 cm³/mol. The van der Waals surface area contributed by atoms with Gasteiger partial charge in [-0.05, 0) is 43.7 Å². The highest BCUT2D eigenvalue weighted by Gasteiger charge is 2.18. The molecule has 3 aromatic heterocycles. The van der Waals surface area contributed by atoms with Crippen molar-refractivity contribution in [2.45, 2.75) is 45.3 Å². The Bertz CT molecular complexity index is 1320. The van der Waals surface area contributed by atoms with Crippen LogP contribution in [0.25, 0.3) is 27.7 Å². The van der Waals surface area contributed by atoms with E-state index in [-0.39, 0.29) is 5.56 Å². The van der Waals surface area contributed by atoms with Crippen LogP contribution in [0.5, 0.6) is 0 Å². The third kappa shape index (κ3) is 3.68. The molecule has 0 amide bonds. The molecule has 3 heterocycles. The summed E-state index contributed by atoms with van der Waals surface area (Å²) in [5, 5.41) is 5.35. The standard InChI is InChI=1S/C25H26N4O2/c1-31-17-21-23(19-10-6-3-7-11-19)24-26-16-20-22(29(24)27-21)13-15-28(25(20)30)14-12-18-8-4-2-5-9-18/h3,6-8,10-11,13,15-16H,2,4-5,9,12,14,17H2,1H3. The minimum atomic E-state index is -0.0200. The molecule has 0 unspecified atom stereocenters. The molecule has 0 bridgehead atoms. The van der Waals surface area contributed by atoms with E-state index in [0.717, 1.165) is 47.2 Å². The van der Waals surface area contributed by atoms with E-state index in [4.69, 9.17) is 9.84 Å². The molecule has 0 saturated heterocycles. The van der Waals surface area contributed by atoms with Crippen molar-refractivity contribution in [2.24, 2.45) is 0 Å². The molecule has 0 N–H and O–H groups in total. The van der Waals surface area contributed by atoms with Crippen molar-refractivity contribution in [1.82, 2.24) is 19.2 Å². The highest BCUT2D eigenvalue weighted by atomic mass is 16.5. The number of fused-ring (bicyclic) bond motifs is 3. The largest absolute Gasteiger partial charge is 0.378 e. The van der Waals surface area contributed by atoms with Gasteiger partial charge in [-0.25, -0.2) is 9.50 Å². The van der Waals surface area contributed by atoms with E-state index in [0.29, 0.717) is 18.5 Å². The Morgan fingerprint density at radius 2 is 2.00 bits per heavy atom. The van der Waals surface area contributed by atoms with Crippen LogP contribution in [-0.2, 0) is 17.9 Å². The quantitative estimate of drug-likeness (QED) is 0.427. The number of allylic oxidation sites excluding steroid dienone is 2. The number of rotatable bonds is 6. The van der Waals surface area contributed by atoms with Gasteiger partial charge in [0.1, 0.15) is 0 Å². The number of ether oxygens (including phenoxy) is 1. The Morgan fingerprint density at radius 3 is 2.77 bits per heavy atom. The van der Waals surface area contributed by atoms with E-state index < -0.39 is 0 Å². The van der Waals surface area contributed by atoms with Crippen molar-refractivity contribution in [3.05, 3.63) is 76.5 Å². The van der Waals surface area contributed by atoms with E-state index in [2.05, 4.69) is 11.1 Å². The van der Waals surface area contributed by atoms with Gasteiger partial charge in [-0.3, -0.25) is 4.79 Å². The lowest BCUT2D eigenvalue weighted by Gasteiger charge is -2.13. The van der Waals surface area contributed by atoms with Crippen LogP contribution in [0, 0.1) is 0 Å². The van der Waals surface area contributed by atoms with Crippen molar-refractivity contribution in [2.75, 3.05) is 7.11 Å². The van der Waals surface area contributed by atoms with Gasteiger partial charge in [0, 0.05) is 26.0 Å². The van der Waals surface area contributed by atoms with Gasteiger partial charge in [0.25, 0.3) is 5.56 Å². The number of benzene rings is 1. The molecule has 5 rings (SSSR count). The molecule has 0 radical (unpaired) electrons. The summed E-state index contributed by atoms with van der Waals surface area (Å²) in [5.41, 5.74) is 5.73. The molecule has 0 aliphatic heterocycles. The predicted octanol–water partition coefficient (Wildman–Crippen LogP) is 4.75. The number of hydrogen-bond acceptors (Lipinski definition) is 4. The van der Waals surface area contributed by atoms with Crippen molar-refractivity contribution < 1.29 is 4.74 Å². The van der Waals surface area contributed by atoms with E-state index in [1.54, 1.807) is 22.4 Å². The van der Waals surface area contributed by atoms with Crippen LogP contribution in [-0.4, -0.2) is 26.3 Å². The van der Waals surface area contributed by atoms with Crippen molar-refractivity contribution in [3.63, 3.8) is 0 Å². The second-order valence-corrected chi connectivity index (χ2v) is 8.09. The number of aryl methyl sites for hydroxylation is 1. The van der Waals surface area contributed by atoms with Crippen LogP contribution in [0.15, 0.2) is 65.2 Å². The maximum Gasteiger partial charge on any atom is 0.261 e. The summed E-state index contributed by atoms with van der Waals surface area (Å²) in [6, 6.07) is 12.0. The lowest BCUT2D eigenvalue weighted by atomic mass is 9.97. The lowest BCUT2D eigenvalue weighted by Crippen LogP contribution is -2.21. The zero-order valence-electron chi connectivity index (χ0n) is 17.8. The average Bonchev–Trinajstić information content (AvgIpc) is 3.18. The first kappa shape index (κ1) is 19.7. The molecule has 158 valence electrons. The molecule has 0 saturated carbocycles. The van der Waals surface area contributed by atoms with Gasteiger partial charge in [0.2, 0.25) is 0 Å². The Hall–Kier alpha value is -3.25. The summed E-state index contributed by atoms with van der Waals surface area (Å²) in [6.45, 7) is 1.07. The van der Waals surface area contributed by atoms with Crippen molar-refractivity contribution in [1.29, 1.82) is 0 Å². The third-order valence-electron chi connectivity index (χ3n) is 6.06. The molecule has 1 aliphatic rings. The Labute approximate surface area is 180 Å². The Morgan fingerprint density at radius 1 is 1.13 bits per heavy atom. The summed E-state index contributed by atoms with van der Waals surface area (Å²) in [7, 11) is 1.66. The zero-order valence-corrected chi connectivity index (χ0v) is 17.8. The molecule has 0 spiro atoms. The smallest absolute Gasteiger partial charge is 0.261 e. The Kier molecular flexibility index (Phi) is 5.38. The average molecular weight is 415 g/mol. The number of hydrogen-bond donors (Lipinski definition) is 0. The molecule has 6 nitrogen and oxygen atoms in total. The van der Waals surface area contributed by atoms with E-state index in [1.165, 1.54) is 18.4 Å². The SMILES string of the molecule is COCc1nn2c(ncc3c(=O)n(CCC4=CCCCC4)ccc32)c1-c1ccccc1. The fourth-order valence-corrected chi connectivity index (χ4v) is 4.46. The van der Waals surface area contributed by atoms with E-state index in [1.807, 2.05) is 42.6 Å². The summed E-state index contributed by atoms with van der Waals surface area (Å²) in [6.07, 6.45) is 11.7. The summed E-state index contributed by atoms with van der Waals surface area (Å²) >= 11 is 0. The van der Waals surface area contributed by atoms with Crippen LogP contribution in [0.2, 0.25) is 0 Å². The monoisotopic (exact) mass is 414 g/mol. The van der Waals surface area contributed by atoms with Crippen LogP contribution in [0.1, 0.15) is 37.8 Å². The van der Waals surface area contributed by atoms with Gasteiger partial charge in [-0.15, -0.1) is 0 Å². The van der Waals surface area contributed by atoms with Gasteiger partial charge in [-0.1, -0.05) is 42.0 Å². The maximum absolute atomic E-state index is 13.2. The molecular formula is C25H26N4O2. The van der Waals surface area contributed by atoms with Crippen LogP contribution in [0.3, 0.4) is 0 Å². The summed E-state index contributed by atoms with van der Waals surface area (Å²) < 4.78 is 8.96. The highest BCUT2D eigenvalue weighted by molar-refractivity contribution is 5.86. The first-order valence-corrected chi connectivity index (χ1v) is 10.9. The number of aromatic nitrogens is 4. The van der Waals surface area contributed by atoms with Crippen LogP contribution in [0.4, 0.5) is 0 Å². The number of pyridine rings is 1. The molecule has 0 fully saturated rings. The molecule has 31 heavy (non-hydrogen) atoms. The minimum Gasteiger partial charge on any atom is -0.378 e. The van der Waals surface area contributed by atoms with Gasteiger partial charge in [-0.2, -0.15) is 5.10 Å². The van der Waals surface area contributed by atoms with Gasteiger partial charge >= 0.3 is 0 Å². The first-order chi connectivity index (χ1) is 15.3. The molecule has 1 aromatic carbocycles. The van der Waals surface area contributed by atoms with Gasteiger partial charge in [0.15, 0.2) is 5.65 Å². The third-order valence-corrected chi connectivity index (χ3v) is 6.06. The van der Waals surface area contributed by atoms with E-state index in [9.17, 15) is 4.79 Å². The van der Waals surface area contributed by atoms with E-state index >= 15 is 0 Å². The molecular weight excluding hydrogens is 388 g/mol. The second kappa shape index (κ2) is 8.47. The molecule has 0 atom stereocenters. The van der Waals surface area contributed by atoms with Gasteiger partial charge < -0.3 is 9.30 Å².